The van der Waals surface area contributed by atoms with Crippen molar-refractivity contribution in [3.05, 3.63) is 30.1 Å². The summed E-state index contributed by atoms with van der Waals surface area (Å²) < 4.78 is 0. The van der Waals surface area contributed by atoms with Crippen molar-refractivity contribution < 1.29 is 9.90 Å². The molecule has 0 amide bonds. The molecule has 0 aliphatic heterocycles. The Hall–Kier alpha value is -1.42. The van der Waals surface area contributed by atoms with Gasteiger partial charge in [-0.05, 0) is 50.0 Å². The molecule has 0 saturated carbocycles. The van der Waals surface area contributed by atoms with Crippen LogP contribution in [-0.4, -0.2) is 29.1 Å². The molecule has 1 rings (SSSR count). The lowest BCUT2D eigenvalue weighted by molar-refractivity contribution is -0.137. The fraction of sp³-hybridized carbons (Fsp3) is 0.538. The largest absolute Gasteiger partial charge is 0.481 e. The number of nitrogens with one attached hydrogen (secondary N) is 1. The van der Waals surface area contributed by atoms with Crippen molar-refractivity contribution in [2.45, 2.75) is 32.1 Å². The van der Waals surface area contributed by atoms with Crippen LogP contribution in [0.2, 0.25) is 0 Å². The van der Waals surface area contributed by atoms with Crippen LogP contribution in [0.4, 0.5) is 0 Å². The number of carboxylic acid groups (broad SMARTS) is 1. The van der Waals surface area contributed by atoms with Crippen molar-refractivity contribution in [1.82, 2.24) is 10.3 Å². The summed E-state index contributed by atoms with van der Waals surface area (Å²) in [7, 11) is 0. The SMILES string of the molecule is O=C(O)CCCCCNCCc1ccncc1. The number of aromatic nitrogens is 1. The van der Waals surface area contributed by atoms with Crippen molar-refractivity contribution in [1.29, 1.82) is 0 Å². The van der Waals surface area contributed by atoms with Crippen LogP contribution in [0.5, 0.6) is 0 Å². The van der Waals surface area contributed by atoms with Crippen molar-refractivity contribution in [3.63, 3.8) is 0 Å². The van der Waals surface area contributed by atoms with E-state index in [4.69, 9.17) is 5.11 Å². The standard InChI is InChI=1S/C13H20N2O2/c16-13(17)4-2-1-3-8-14-9-5-12-6-10-15-11-7-12/h6-7,10-11,14H,1-5,8-9H2,(H,16,17). The summed E-state index contributed by atoms with van der Waals surface area (Å²) in [5.41, 5.74) is 1.29. The van der Waals surface area contributed by atoms with Gasteiger partial charge >= 0.3 is 5.97 Å². The van der Waals surface area contributed by atoms with Gasteiger partial charge in [0.25, 0.3) is 0 Å². The molecule has 0 unspecified atom stereocenters. The number of unbranched alkanes of at least 4 members (excludes halogenated alkanes) is 2. The van der Waals surface area contributed by atoms with Gasteiger partial charge in [0.1, 0.15) is 0 Å². The summed E-state index contributed by atoms with van der Waals surface area (Å²) in [4.78, 5) is 14.2. The van der Waals surface area contributed by atoms with Gasteiger partial charge < -0.3 is 10.4 Å². The highest BCUT2D eigenvalue weighted by atomic mass is 16.4. The van der Waals surface area contributed by atoms with Crippen LogP contribution in [0.1, 0.15) is 31.2 Å². The number of pyridine rings is 1. The van der Waals surface area contributed by atoms with Crippen LogP contribution in [-0.2, 0) is 11.2 Å². The number of rotatable bonds is 9. The summed E-state index contributed by atoms with van der Waals surface area (Å²) in [6.45, 7) is 1.92. The van der Waals surface area contributed by atoms with Gasteiger partial charge in [-0.15, -0.1) is 0 Å². The van der Waals surface area contributed by atoms with E-state index in [0.29, 0.717) is 0 Å². The lowest BCUT2D eigenvalue weighted by Gasteiger charge is -2.04. The first-order chi connectivity index (χ1) is 8.29. The monoisotopic (exact) mass is 236 g/mol. The molecule has 0 fully saturated rings. The first-order valence-corrected chi connectivity index (χ1v) is 6.10. The Balaban J connectivity index is 1.90. The molecule has 4 nitrogen and oxygen atoms in total. The second kappa shape index (κ2) is 8.70. The van der Waals surface area contributed by atoms with Gasteiger partial charge in [0.15, 0.2) is 0 Å². The molecule has 0 aliphatic rings. The molecule has 2 N–H and O–H groups in total. The molecule has 94 valence electrons. The van der Waals surface area contributed by atoms with E-state index in [2.05, 4.69) is 10.3 Å². The summed E-state index contributed by atoms with van der Waals surface area (Å²) in [6.07, 6.45) is 7.72. The number of carboxylic acids is 1. The Labute approximate surface area is 102 Å². The molecule has 4 heteroatoms. The quantitative estimate of drug-likeness (QED) is 0.642. The first kappa shape index (κ1) is 13.6. The third-order valence-electron chi connectivity index (χ3n) is 2.58. The van der Waals surface area contributed by atoms with E-state index in [1.54, 1.807) is 12.4 Å². The Bertz CT molecular complexity index is 314. The molecule has 1 heterocycles. The number of hydrogen-bond donors (Lipinski definition) is 2. The highest BCUT2D eigenvalue weighted by molar-refractivity contribution is 5.66. The van der Waals surface area contributed by atoms with E-state index in [1.807, 2.05) is 12.1 Å². The van der Waals surface area contributed by atoms with Crippen molar-refractivity contribution >= 4 is 5.97 Å². The summed E-state index contributed by atoms with van der Waals surface area (Å²) in [6, 6.07) is 4.04. The maximum atomic E-state index is 10.3. The van der Waals surface area contributed by atoms with E-state index < -0.39 is 5.97 Å². The predicted molar refractivity (Wildman–Crippen MR) is 66.9 cm³/mol. The molecular formula is C13H20N2O2. The molecule has 0 saturated heterocycles. The molecular weight excluding hydrogens is 216 g/mol. The first-order valence-electron chi connectivity index (χ1n) is 6.10. The van der Waals surface area contributed by atoms with Crippen LogP contribution in [0, 0.1) is 0 Å². The second-order valence-electron chi connectivity index (χ2n) is 4.06. The van der Waals surface area contributed by atoms with Crippen LogP contribution in [0.3, 0.4) is 0 Å². The van der Waals surface area contributed by atoms with E-state index in [1.165, 1.54) is 5.56 Å². The summed E-state index contributed by atoms with van der Waals surface area (Å²) >= 11 is 0. The minimum absolute atomic E-state index is 0.289. The van der Waals surface area contributed by atoms with Crippen LogP contribution in [0.25, 0.3) is 0 Å². The van der Waals surface area contributed by atoms with E-state index in [9.17, 15) is 4.79 Å². The predicted octanol–water partition coefficient (Wildman–Crippen LogP) is 1.86. The van der Waals surface area contributed by atoms with Gasteiger partial charge in [-0.2, -0.15) is 0 Å². The molecule has 0 aromatic carbocycles. The fourth-order valence-electron chi connectivity index (χ4n) is 1.61. The van der Waals surface area contributed by atoms with Gasteiger partial charge in [-0.3, -0.25) is 9.78 Å². The normalized spacial score (nSPS) is 10.4. The molecule has 17 heavy (non-hydrogen) atoms. The van der Waals surface area contributed by atoms with Crippen LogP contribution < -0.4 is 5.32 Å². The highest BCUT2D eigenvalue weighted by Gasteiger charge is 1.96. The zero-order chi connectivity index (χ0) is 12.3. The number of nitrogens with zero attached hydrogens (tertiary/aromatic N) is 1. The molecule has 0 atom stereocenters. The zero-order valence-electron chi connectivity index (χ0n) is 10.1. The molecule has 0 bridgehead atoms. The van der Waals surface area contributed by atoms with Gasteiger partial charge in [-0.1, -0.05) is 6.42 Å². The maximum absolute atomic E-state index is 10.3. The van der Waals surface area contributed by atoms with Crippen molar-refractivity contribution in [3.8, 4) is 0 Å². The maximum Gasteiger partial charge on any atom is 0.303 e. The smallest absolute Gasteiger partial charge is 0.303 e. The van der Waals surface area contributed by atoms with Crippen LogP contribution >= 0.6 is 0 Å². The second-order valence-corrected chi connectivity index (χ2v) is 4.06. The Morgan fingerprint density at radius 1 is 1.18 bits per heavy atom. The van der Waals surface area contributed by atoms with Crippen molar-refractivity contribution in [2.75, 3.05) is 13.1 Å². The van der Waals surface area contributed by atoms with E-state index >= 15 is 0 Å². The lowest BCUT2D eigenvalue weighted by Crippen LogP contribution is -2.18. The molecule has 0 radical (unpaired) electrons. The Morgan fingerprint density at radius 2 is 1.94 bits per heavy atom. The summed E-state index contributed by atoms with van der Waals surface area (Å²) in [5, 5.41) is 11.8. The van der Waals surface area contributed by atoms with Gasteiger partial charge in [0, 0.05) is 18.8 Å². The van der Waals surface area contributed by atoms with E-state index in [-0.39, 0.29) is 6.42 Å². The molecule has 0 aliphatic carbocycles. The molecule has 1 aromatic rings. The fourth-order valence-corrected chi connectivity index (χ4v) is 1.61. The Kier molecular flexibility index (Phi) is 6.98. The minimum atomic E-state index is -0.698. The number of hydrogen-bond acceptors (Lipinski definition) is 3. The third kappa shape index (κ3) is 7.47. The van der Waals surface area contributed by atoms with Gasteiger partial charge in [0.05, 0.1) is 0 Å². The van der Waals surface area contributed by atoms with E-state index in [0.717, 1.165) is 38.8 Å². The van der Waals surface area contributed by atoms with Crippen LogP contribution in [0.15, 0.2) is 24.5 Å². The minimum Gasteiger partial charge on any atom is -0.481 e. The third-order valence-corrected chi connectivity index (χ3v) is 2.58. The zero-order valence-corrected chi connectivity index (χ0v) is 10.1. The average Bonchev–Trinajstić information content (AvgIpc) is 2.33. The van der Waals surface area contributed by atoms with Crippen molar-refractivity contribution in [2.24, 2.45) is 0 Å². The highest BCUT2D eigenvalue weighted by Crippen LogP contribution is 1.99. The molecule has 1 aromatic heterocycles. The topological polar surface area (TPSA) is 62.2 Å². The number of aliphatic carboxylic acids is 1. The van der Waals surface area contributed by atoms with Gasteiger partial charge in [0.2, 0.25) is 0 Å². The molecule has 0 spiro atoms. The van der Waals surface area contributed by atoms with Gasteiger partial charge in [-0.25, -0.2) is 0 Å². The Morgan fingerprint density at radius 3 is 2.65 bits per heavy atom. The average molecular weight is 236 g/mol. The lowest BCUT2D eigenvalue weighted by atomic mass is 10.2. The summed E-state index contributed by atoms with van der Waals surface area (Å²) in [5.74, 6) is -0.698. The number of carbonyl (C=O) groups is 1.